The summed E-state index contributed by atoms with van der Waals surface area (Å²) < 4.78 is 10.5. The van der Waals surface area contributed by atoms with Gasteiger partial charge in [0.15, 0.2) is 6.10 Å². The lowest BCUT2D eigenvalue weighted by Gasteiger charge is -2.23. The molecule has 0 bridgehead atoms. The fraction of sp³-hybridized carbons (Fsp3) is 0.889. The molecule has 0 spiro atoms. The van der Waals surface area contributed by atoms with E-state index in [2.05, 4.69) is 0 Å². The van der Waals surface area contributed by atoms with Gasteiger partial charge >= 0.3 is 5.97 Å². The van der Waals surface area contributed by atoms with Crippen LogP contribution >= 0.6 is 0 Å². The summed E-state index contributed by atoms with van der Waals surface area (Å²) in [6.45, 7) is 7.88. The van der Waals surface area contributed by atoms with Crippen molar-refractivity contribution in [3.8, 4) is 0 Å². The number of hydrogen-bond acceptors (Lipinski definition) is 3. The van der Waals surface area contributed by atoms with Crippen LogP contribution in [-0.2, 0) is 14.3 Å². The van der Waals surface area contributed by atoms with Gasteiger partial charge in [0.1, 0.15) is 0 Å². The minimum Gasteiger partial charge on any atom is -0.433 e. The maximum Gasteiger partial charge on any atom is 0.337 e. The monoisotopic (exact) mass is 172 g/mol. The van der Waals surface area contributed by atoms with Crippen LogP contribution in [0.25, 0.3) is 0 Å². The number of rotatable bonds is 1. The molecule has 0 aromatic carbocycles. The van der Waals surface area contributed by atoms with Crippen molar-refractivity contribution in [3.05, 3.63) is 0 Å². The van der Waals surface area contributed by atoms with Gasteiger partial charge in [-0.05, 0) is 6.42 Å². The average Bonchev–Trinajstić information content (AvgIpc) is 2.29. The molecule has 0 aromatic heterocycles. The topological polar surface area (TPSA) is 35.5 Å². The summed E-state index contributed by atoms with van der Waals surface area (Å²) in [5, 5.41) is 0. The normalized spacial score (nSPS) is 30.5. The van der Waals surface area contributed by atoms with Gasteiger partial charge < -0.3 is 9.47 Å². The molecule has 1 fully saturated rings. The summed E-state index contributed by atoms with van der Waals surface area (Å²) in [6, 6.07) is 0. The van der Waals surface area contributed by atoms with Gasteiger partial charge in [0.2, 0.25) is 6.29 Å². The fourth-order valence-electron chi connectivity index (χ4n) is 1.06. The molecule has 12 heavy (non-hydrogen) atoms. The number of carbonyl (C=O) groups excluding carboxylic acids is 1. The molecule has 3 nitrogen and oxygen atoms in total. The molecule has 0 N–H and O–H groups in total. The first-order valence-electron chi connectivity index (χ1n) is 4.31. The number of esters is 1. The third kappa shape index (κ3) is 1.78. The van der Waals surface area contributed by atoms with Gasteiger partial charge in [0.25, 0.3) is 0 Å². The summed E-state index contributed by atoms with van der Waals surface area (Å²) in [4.78, 5) is 11.1. The minimum absolute atomic E-state index is 0.125. The Labute approximate surface area is 73.0 Å². The maximum atomic E-state index is 11.1. The quantitative estimate of drug-likeness (QED) is 0.565. The summed E-state index contributed by atoms with van der Waals surface area (Å²) >= 11 is 0. The predicted octanol–water partition coefficient (Wildman–Crippen LogP) is 1.71. The molecule has 1 rings (SSSR count). The molecule has 1 heterocycles. The van der Waals surface area contributed by atoms with E-state index >= 15 is 0 Å². The predicted molar refractivity (Wildman–Crippen MR) is 44.5 cm³/mol. The first-order chi connectivity index (χ1) is 5.45. The van der Waals surface area contributed by atoms with E-state index in [1.165, 1.54) is 0 Å². The Morgan fingerprint density at radius 2 is 2.00 bits per heavy atom. The molecule has 2 atom stereocenters. The van der Waals surface area contributed by atoms with E-state index in [0.717, 1.165) is 0 Å². The fourth-order valence-corrected chi connectivity index (χ4v) is 1.06. The van der Waals surface area contributed by atoms with E-state index in [4.69, 9.17) is 9.47 Å². The molecule has 1 aliphatic rings. The van der Waals surface area contributed by atoms with Crippen LogP contribution in [0.15, 0.2) is 0 Å². The van der Waals surface area contributed by atoms with Crippen LogP contribution in [0.5, 0.6) is 0 Å². The Hall–Kier alpha value is -0.570. The van der Waals surface area contributed by atoms with Crippen LogP contribution < -0.4 is 0 Å². The number of cyclic esters (lactones) is 1. The SMILES string of the molecule is CC[C@H]1O[C@@H](C(C)(C)C)OC1=O. The lowest BCUT2D eigenvalue weighted by atomic mass is 9.96. The largest absolute Gasteiger partial charge is 0.433 e. The second-order valence-electron chi connectivity index (χ2n) is 4.17. The average molecular weight is 172 g/mol. The number of ether oxygens (including phenoxy) is 2. The third-order valence-corrected chi connectivity index (χ3v) is 1.85. The number of carbonyl (C=O) groups is 1. The standard InChI is InChI=1S/C9H16O3/c1-5-6-7(10)12-8(11-6)9(2,3)4/h6,8H,5H2,1-4H3/t6-,8-/m1/s1. The highest BCUT2D eigenvalue weighted by molar-refractivity contribution is 5.76. The van der Waals surface area contributed by atoms with Crippen LogP contribution in [-0.4, -0.2) is 18.4 Å². The zero-order chi connectivity index (χ0) is 9.35. The van der Waals surface area contributed by atoms with Crippen molar-refractivity contribution >= 4 is 5.97 Å². The van der Waals surface area contributed by atoms with Gasteiger partial charge in [-0.25, -0.2) is 4.79 Å². The van der Waals surface area contributed by atoms with E-state index in [1.54, 1.807) is 0 Å². The second kappa shape index (κ2) is 3.05. The van der Waals surface area contributed by atoms with Crippen molar-refractivity contribution in [2.45, 2.75) is 46.5 Å². The lowest BCUT2D eigenvalue weighted by molar-refractivity contribution is -0.154. The van der Waals surface area contributed by atoms with Crippen LogP contribution in [0.3, 0.4) is 0 Å². The first-order valence-corrected chi connectivity index (χ1v) is 4.31. The van der Waals surface area contributed by atoms with E-state index in [9.17, 15) is 4.79 Å². The Bertz CT molecular complexity index is 181. The molecule has 70 valence electrons. The molecule has 0 amide bonds. The second-order valence-corrected chi connectivity index (χ2v) is 4.17. The highest BCUT2D eigenvalue weighted by atomic mass is 16.8. The molecule has 0 unspecified atom stereocenters. The molecule has 1 saturated heterocycles. The molecule has 0 aliphatic carbocycles. The molecule has 0 saturated carbocycles. The van der Waals surface area contributed by atoms with E-state index in [0.29, 0.717) is 6.42 Å². The van der Waals surface area contributed by atoms with Crippen LogP contribution in [0.2, 0.25) is 0 Å². The van der Waals surface area contributed by atoms with Crippen molar-refractivity contribution in [2.75, 3.05) is 0 Å². The Kier molecular flexibility index (Phi) is 2.42. The maximum absolute atomic E-state index is 11.1. The molecule has 0 aromatic rings. The van der Waals surface area contributed by atoms with Crippen LogP contribution in [0, 0.1) is 5.41 Å². The Balaban J connectivity index is 2.60. The molecule has 3 heteroatoms. The number of hydrogen-bond donors (Lipinski definition) is 0. The minimum atomic E-state index is -0.380. The smallest absolute Gasteiger partial charge is 0.337 e. The van der Waals surface area contributed by atoms with Gasteiger partial charge in [0.05, 0.1) is 0 Å². The zero-order valence-electron chi connectivity index (χ0n) is 8.09. The van der Waals surface area contributed by atoms with Gasteiger partial charge in [0, 0.05) is 5.41 Å². The van der Waals surface area contributed by atoms with Crippen molar-refractivity contribution < 1.29 is 14.3 Å². The molecular weight excluding hydrogens is 156 g/mol. The molecule has 1 aliphatic heterocycles. The third-order valence-electron chi connectivity index (χ3n) is 1.85. The highest BCUT2D eigenvalue weighted by Gasteiger charge is 2.40. The van der Waals surface area contributed by atoms with E-state index in [-0.39, 0.29) is 23.8 Å². The van der Waals surface area contributed by atoms with Gasteiger partial charge in [-0.1, -0.05) is 27.7 Å². The van der Waals surface area contributed by atoms with Crippen LogP contribution in [0.4, 0.5) is 0 Å². The zero-order valence-corrected chi connectivity index (χ0v) is 8.09. The van der Waals surface area contributed by atoms with Gasteiger partial charge in [-0.2, -0.15) is 0 Å². The summed E-state index contributed by atoms with van der Waals surface area (Å²) in [7, 11) is 0. The lowest BCUT2D eigenvalue weighted by Crippen LogP contribution is -2.27. The van der Waals surface area contributed by atoms with Crippen molar-refractivity contribution in [3.63, 3.8) is 0 Å². The van der Waals surface area contributed by atoms with Crippen molar-refractivity contribution in [1.29, 1.82) is 0 Å². The Morgan fingerprint density at radius 3 is 2.25 bits per heavy atom. The summed E-state index contributed by atoms with van der Waals surface area (Å²) in [5.74, 6) is -0.225. The van der Waals surface area contributed by atoms with Gasteiger partial charge in [-0.15, -0.1) is 0 Å². The van der Waals surface area contributed by atoms with Crippen molar-refractivity contribution in [2.24, 2.45) is 5.41 Å². The first kappa shape index (κ1) is 9.52. The molecule has 0 radical (unpaired) electrons. The highest BCUT2D eigenvalue weighted by Crippen LogP contribution is 2.30. The summed E-state index contributed by atoms with van der Waals surface area (Å²) in [6.07, 6.45) is -0.0463. The van der Waals surface area contributed by atoms with E-state index < -0.39 is 0 Å². The molecular formula is C9H16O3. The van der Waals surface area contributed by atoms with E-state index in [1.807, 2.05) is 27.7 Å². The van der Waals surface area contributed by atoms with Crippen molar-refractivity contribution in [1.82, 2.24) is 0 Å². The van der Waals surface area contributed by atoms with Crippen LogP contribution in [0.1, 0.15) is 34.1 Å². The Morgan fingerprint density at radius 1 is 1.42 bits per heavy atom. The summed E-state index contributed by atoms with van der Waals surface area (Å²) in [5.41, 5.74) is -0.125. The van der Waals surface area contributed by atoms with Gasteiger partial charge in [-0.3, -0.25) is 0 Å².